The molecule has 146 valence electrons. The first kappa shape index (κ1) is 18.2. The second-order valence-electron chi connectivity index (χ2n) is 7.83. The van der Waals surface area contributed by atoms with Gasteiger partial charge in [0.1, 0.15) is 24.0 Å². The topological polar surface area (TPSA) is 119 Å². The van der Waals surface area contributed by atoms with Crippen LogP contribution in [0.1, 0.15) is 24.8 Å². The predicted molar refractivity (Wildman–Crippen MR) is 102 cm³/mol. The van der Waals surface area contributed by atoms with Gasteiger partial charge in [0.15, 0.2) is 11.6 Å². The summed E-state index contributed by atoms with van der Waals surface area (Å²) >= 11 is 0. The Bertz CT molecular complexity index is 872. The molecule has 0 unspecified atom stereocenters. The summed E-state index contributed by atoms with van der Waals surface area (Å²) in [5, 5.41) is 9.83. The summed E-state index contributed by atoms with van der Waals surface area (Å²) in [6.45, 7) is 7.07. The van der Waals surface area contributed by atoms with E-state index in [9.17, 15) is 14.9 Å². The van der Waals surface area contributed by atoms with Gasteiger partial charge in [-0.1, -0.05) is 6.58 Å². The number of amides is 2. The Morgan fingerprint density at radius 2 is 2.04 bits per heavy atom. The smallest absolute Gasteiger partial charge is 0.245 e. The van der Waals surface area contributed by atoms with Gasteiger partial charge < -0.3 is 20.4 Å². The molecule has 0 aliphatic carbocycles. The van der Waals surface area contributed by atoms with E-state index in [1.165, 1.54) is 12.4 Å². The normalized spacial score (nSPS) is 22.8. The number of rotatable bonds is 4. The SMILES string of the molecule is C=CC(=O)N1CC2(CCN(c3ncnc(N4CCC[C@H]4C(N)=O)c3C#N)C2)C1. The van der Waals surface area contributed by atoms with Crippen LogP contribution in [0.3, 0.4) is 0 Å². The number of hydrogen-bond donors (Lipinski definition) is 1. The number of anilines is 2. The molecule has 1 aromatic heterocycles. The van der Waals surface area contributed by atoms with Gasteiger partial charge in [0.05, 0.1) is 0 Å². The van der Waals surface area contributed by atoms with Gasteiger partial charge >= 0.3 is 0 Å². The summed E-state index contributed by atoms with van der Waals surface area (Å²) < 4.78 is 0. The number of carbonyl (C=O) groups is 2. The third kappa shape index (κ3) is 2.85. The van der Waals surface area contributed by atoms with Crippen molar-refractivity contribution in [3.05, 3.63) is 24.5 Å². The minimum atomic E-state index is -0.440. The molecule has 0 saturated carbocycles. The molecule has 28 heavy (non-hydrogen) atoms. The van der Waals surface area contributed by atoms with Crippen LogP contribution in [0.5, 0.6) is 0 Å². The van der Waals surface area contributed by atoms with Crippen LogP contribution < -0.4 is 15.5 Å². The highest BCUT2D eigenvalue weighted by molar-refractivity contribution is 5.88. The van der Waals surface area contributed by atoms with Crippen molar-refractivity contribution >= 4 is 23.5 Å². The van der Waals surface area contributed by atoms with Crippen molar-refractivity contribution in [1.29, 1.82) is 5.26 Å². The van der Waals surface area contributed by atoms with E-state index in [-0.39, 0.29) is 11.3 Å². The van der Waals surface area contributed by atoms with Crippen LogP contribution in [-0.2, 0) is 9.59 Å². The minimum absolute atomic E-state index is 0.0416. The summed E-state index contributed by atoms with van der Waals surface area (Å²) in [6, 6.07) is 1.80. The third-order valence-corrected chi connectivity index (χ3v) is 6.05. The van der Waals surface area contributed by atoms with Gasteiger partial charge in [0.2, 0.25) is 11.8 Å². The van der Waals surface area contributed by atoms with Crippen molar-refractivity contribution in [1.82, 2.24) is 14.9 Å². The highest BCUT2D eigenvalue weighted by Crippen LogP contribution is 2.42. The maximum atomic E-state index is 11.8. The van der Waals surface area contributed by atoms with E-state index in [1.807, 2.05) is 4.90 Å². The highest BCUT2D eigenvalue weighted by Gasteiger charge is 2.49. The van der Waals surface area contributed by atoms with E-state index < -0.39 is 11.9 Å². The molecule has 0 radical (unpaired) electrons. The van der Waals surface area contributed by atoms with Crippen LogP contribution in [0.15, 0.2) is 19.0 Å². The first-order valence-electron chi connectivity index (χ1n) is 9.45. The highest BCUT2D eigenvalue weighted by atomic mass is 16.2. The average Bonchev–Trinajstić information content (AvgIpc) is 3.33. The monoisotopic (exact) mass is 381 g/mol. The van der Waals surface area contributed by atoms with Gasteiger partial charge in [-0.15, -0.1) is 0 Å². The molecule has 9 heteroatoms. The number of likely N-dealkylation sites (tertiary alicyclic amines) is 1. The lowest BCUT2D eigenvalue weighted by molar-refractivity contribution is -0.136. The van der Waals surface area contributed by atoms with Crippen LogP contribution in [0.4, 0.5) is 11.6 Å². The number of hydrogen-bond acceptors (Lipinski definition) is 7. The van der Waals surface area contributed by atoms with Crippen molar-refractivity contribution in [2.45, 2.75) is 25.3 Å². The Balaban J connectivity index is 1.57. The molecular formula is C19H23N7O2. The first-order valence-corrected chi connectivity index (χ1v) is 9.45. The Labute approximate surface area is 163 Å². The lowest BCUT2D eigenvalue weighted by Gasteiger charge is -2.47. The molecule has 1 spiro atoms. The molecule has 1 atom stereocenters. The van der Waals surface area contributed by atoms with Gasteiger partial charge in [0.25, 0.3) is 0 Å². The quantitative estimate of drug-likeness (QED) is 0.731. The van der Waals surface area contributed by atoms with Crippen molar-refractivity contribution in [2.24, 2.45) is 11.1 Å². The molecule has 1 aromatic rings. The molecule has 3 saturated heterocycles. The van der Waals surface area contributed by atoms with Crippen LogP contribution in [-0.4, -0.2) is 65.4 Å². The van der Waals surface area contributed by atoms with E-state index in [4.69, 9.17) is 5.73 Å². The molecule has 3 aliphatic rings. The number of nitriles is 1. The fraction of sp³-hybridized carbons (Fsp3) is 0.526. The van der Waals surface area contributed by atoms with Crippen molar-refractivity contribution < 1.29 is 9.59 Å². The number of nitrogens with two attached hydrogens (primary N) is 1. The molecule has 4 heterocycles. The third-order valence-electron chi connectivity index (χ3n) is 6.05. The minimum Gasteiger partial charge on any atom is -0.368 e. The van der Waals surface area contributed by atoms with E-state index in [0.717, 1.165) is 25.9 Å². The zero-order valence-corrected chi connectivity index (χ0v) is 15.7. The van der Waals surface area contributed by atoms with Crippen molar-refractivity contribution in [3.63, 3.8) is 0 Å². The molecule has 9 nitrogen and oxygen atoms in total. The van der Waals surface area contributed by atoms with Gasteiger partial charge in [-0.05, 0) is 25.3 Å². The maximum Gasteiger partial charge on any atom is 0.245 e. The second-order valence-corrected chi connectivity index (χ2v) is 7.83. The lowest BCUT2D eigenvalue weighted by Crippen LogP contribution is -2.59. The van der Waals surface area contributed by atoms with Crippen LogP contribution in [0, 0.1) is 16.7 Å². The lowest BCUT2D eigenvalue weighted by atomic mass is 9.79. The predicted octanol–water partition coefficient (Wildman–Crippen LogP) is 0.0271. The number of aromatic nitrogens is 2. The zero-order chi connectivity index (χ0) is 19.9. The Hall–Kier alpha value is -3.15. The van der Waals surface area contributed by atoms with E-state index in [1.54, 1.807) is 4.90 Å². The summed E-state index contributed by atoms with van der Waals surface area (Å²) in [6.07, 6.45) is 5.22. The van der Waals surface area contributed by atoms with Gasteiger partial charge in [0, 0.05) is 38.1 Å². The number of carbonyl (C=O) groups excluding carboxylic acids is 2. The van der Waals surface area contributed by atoms with Crippen LogP contribution in [0.2, 0.25) is 0 Å². The summed E-state index contributed by atoms with van der Waals surface area (Å²) in [7, 11) is 0. The van der Waals surface area contributed by atoms with Crippen LogP contribution >= 0.6 is 0 Å². The maximum absolute atomic E-state index is 11.8. The zero-order valence-electron chi connectivity index (χ0n) is 15.7. The Morgan fingerprint density at radius 1 is 1.29 bits per heavy atom. The Morgan fingerprint density at radius 3 is 2.71 bits per heavy atom. The molecule has 3 fully saturated rings. The molecule has 4 rings (SSSR count). The van der Waals surface area contributed by atoms with E-state index >= 15 is 0 Å². The molecule has 2 amide bonds. The van der Waals surface area contributed by atoms with Crippen LogP contribution in [0.25, 0.3) is 0 Å². The summed E-state index contributed by atoms with van der Waals surface area (Å²) in [5.41, 5.74) is 5.95. The standard InChI is InChI=1S/C19H23N7O2/c1-2-15(27)25-10-19(11-25)5-7-24(9-19)17-13(8-20)18(23-12-22-17)26-6-3-4-14(26)16(21)28/h2,12,14H,1,3-7,9-11H2,(H2,21,28)/t14-/m0/s1. The molecular weight excluding hydrogens is 358 g/mol. The summed E-state index contributed by atoms with van der Waals surface area (Å²) in [4.78, 5) is 37.9. The fourth-order valence-corrected chi connectivity index (χ4v) is 4.66. The van der Waals surface area contributed by atoms with Crippen molar-refractivity contribution in [2.75, 3.05) is 42.5 Å². The largest absolute Gasteiger partial charge is 0.368 e. The van der Waals surface area contributed by atoms with Crippen molar-refractivity contribution in [3.8, 4) is 6.07 Å². The molecule has 2 N–H and O–H groups in total. The summed E-state index contributed by atoms with van der Waals surface area (Å²) in [5.74, 6) is 0.626. The molecule has 0 bridgehead atoms. The average molecular weight is 381 g/mol. The van der Waals surface area contributed by atoms with Gasteiger partial charge in [-0.2, -0.15) is 5.26 Å². The van der Waals surface area contributed by atoms with Gasteiger partial charge in [-0.25, -0.2) is 9.97 Å². The second kappa shape index (κ2) is 6.78. The van der Waals surface area contributed by atoms with Gasteiger partial charge in [-0.3, -0.25) is 9.59 Å². The number of primary amides is 1. The molecule has 3 aliphatic heterocycles. The fourth-order valence-electron chi connectivity index (χ4n) is 4.66. The van der Waals surface area contributed by atoms with E-state index in [0.29, 0.717) is 43.3 Å². The molecule has 0 aromatic carbocycles. The number of nitrogens with zero attached hydrogens (tertiary/aromatic N) is 6. The van der Waals surface area contributed by atoms with E-state index in [2.05, 4.69) is 27.5 Å². The first-order chi connectivity index (χ1) is 13.5. The Kier molecular flexibility index (Phi) is 4.41.